The molecule has 0 bridgehead atoms. The van der Waals surface area contributed by atoms with Gasteiger partial charge in [-0.2, -0.15) is 0 Å². The zero-order chi connectivity index (χ0) is 7.84. The first-order chi connectivity index (χ1) is 5.29. The SMILES string of the molecule is Cn1nnc2nc[nH]c2c1=N. The summed E-state index contributed by atoms with van der Waals surface area (Å²) in [5.74, 6) is 0. The van der Waals surface area contributed by atoms with E-state index in [0.717, 1.165) is 0 Å². The van der Waals surface area contributed by atoms with Crippen LogP contribution < -0.4 is 5.49 Å². The Morgan fingerprint density at radius 1 is 1.64 bits per heavy atom. The van der Waals surface area contributed by atoms with Crippen LogP contribution >= 0.6 is 0 Å². The van der Waals surface area contributed by atoms with Crippen molar-refractivity contribution in [2.75, 3.05) is 0 Å². The number of imidazole rings is 1. The van der Waals surface area contributed by atoms with Gasteiger partial charge in [0.1, 0.15) is 5.52 Å². The van der Waals surface area contributed by atoms with Crippen LogP contribution in [0.2, 0.25) is 0 Å². The molecule has 56 valence electrons. The van der Waals surface area contributed by atoms with Crippen LogP contribution in [-0.4, -0.2) is 25.0 Å². The van der Waals surface area contributed by atoms with Crippen molar-refractivity contribution < 1.29 is 0 Å². The van der Waals surface area contributed by atoms with Crippen molar-refractivity contribution in [2.45, 2.75) is 0 Å². The first kappa shape index (κ1) is 6.02. The lowest BCUT2D eigenvalue weighted by atomic mass is 10.5. The lowest BCUT2D eigenvalue weighted by Gasteiger charge is -1.93. The van der Waals surface area contributed by atoms with Crippen LogP contribution in [0, 0.1) is 5.41 Å². The van der Waals surface area contributed by atoms with E-state index < -0.39 is 0 Å². The third-order valence-corrected chi connectivity index (χ3v) is 1.45. The molecule has 0 spiro atoms. The van der Waals surface area contributed by atoms with Gasteiger partial charge in [-0.15, -0.1) is 5.10 Å². The van der Waals surface area contributed by atoms with E-state index in [2.05, 4.69) is 20.3 Å². The summed E-state index contributed by atoms with van der Waals surface area (Å²) >= 11 is 0. The minimum absolute atomic E-state index is 0.285. The molecular formula is C5H6N6. The van der Waals surface area contributed by atoms with Gasteiger partial charge in [0.2, 0.25) is 5.65 Å². The molecule has 0 amide bonds. The van der Waals surface area contributed by atoms with Crippen LogP contribution in [0.15, 0.2) is 6.33 Å². The fourth-order valence-corrected chi connectivity index (χ4v) is 0.853. The molecule has 2 aromatic rings. The fraction of sp³-hybridized carbons (Fsp3) is 0.200. The van der Waals surface area contributed by atoms with Crippen LogP contribution in [-0.2, 0) is 7.05 Å². The molecule has 0 saturated carbocycles. The number of nitrogens with zero attached hydrogens (tertiary/aromatic N) is 4. The molecule has 6 heteroatoms. The minimum Gasteiger partial charge on any atom is -0.340 e. The third kappa shape index (κ3) is 0.721. The number of rotatable bonds is 0. The van der Waals surface area contributed by atoms with Gasteiger partial charge < -0.3 is 4.98 Å². The quantitative estimate of drug-likeness (QED) is 0.514. The highest BCUT2D eigenvalue weighted by atomic mass is 15.4. The number of fused-ring (bicyclic) bond motifs is 1. The summed E-state index contributed by atoms with van der Waals surface area (Å²) < 4.78 is 1.38. The summed E-state index contributed by atoms with van der Waals surface area (Å²) in [7, 11) is 1.66. The van der Waals surface area contributed by atoms with Crippen LogP contribution in [0.5, 0.6) is 0 Å². The van der Waals surface area contributed by atoms with Crippen molar-refractivity contribution in [3.63, 3.8) is 0 Å². The third-order valence-electron chi connectivity index (χ3n) is 1.45. The molecule has 2 rings (SSSR count). The Balaban J connectivity index is 3.05. The molecule has 11 heavy (non-hydrogen) atoms. The molecule has 2 heterocycles. The second-order valence-electron chi connectivity index (χ2n) is 2.16. The van der Waals surface area contributed by atoms with Crippen LogP contribution in [0.4, 0.5) is 0 Å². The van der Waals surface area contributed by atoms with Crippen LogP contribution in [0.25, 0.3) is 11.2 Å². The van der Waals surface area contributed by atoms with Gasteiger partial charge >= 0.3 is 0 Å². The summed E-state index contributed by atoms with van der Waals surface area (Å²) in [4.78, 5) is 6.66. The maximum Gasteiger partial charge on any atom is 0.205 e. The predicted octanol–water partition coefficient (Wildman–Crippen LogP) is -0.829. The smallest absolute Gasteiger partial charge is 0.205 e. The van der Waals surface area contributed by atoms with E-state index in [4.69, 9.17) is 5.41 Å². The van der Waals surface area contributed by atoms with Crippen LogP contribution in [0.1, 0.15) is 0 Å². The normalized spacial score (nSPS) is 10.6. The van der Waals surface area contributed by atoms with E-state index in [9.17, 15) is 0 Å². The second-order valence-corrected chi connectivity index (χ2v) is 2.16. The Bertz CT molecular complexity index is 437. The van der Waals surface area contributed by atoms with Crippen molar-refractivity contribution in [3.05, 3.63) is 11.8 Å². The zero-order valence-corrected chi connectivity index (χ0v) is 5.87. The average Bonchev–Trinajstić information content (AvgIpc) is 2.45. The summed E-state index contributed by atoms with van der Waals surface area (Å²) in [5, 5.41) is 14.9. The largest absolute Gasteiger partial charge is 0.340 e. The fourth-order valence-electron chi connectivity index (χ4n) is 0.853. The standard InChI is InChI=1S/C5H6N6/c1-11-4(6)3-5(9-10-11)8-2-7-3/h2,6H,1H3,(H,7,8). The molecule has 0 aliphatic heterocycles. The highest BCUT2D eigenvalue weighted by Crippen LogP contribution is 1.93. The Kier molecular flexibility index (Phi) is 1.03. The Morgan fingerprint density at radius 2 is 2.45 bits per heavy atom. The Labute approximate surface area is 61.4 Å². The van der Waals surface area contributed by atoms with Crippen LogP contribution in [0.3, 0.4) is 0 Å². The molecule has 0 atom stereocenters. The maximum atomic E-state index is 7.49. The van der Waals surface area contributed by atoms with Gasteiger partial charge in [0.05, 0.1) is 6.33 Å². The van der Waals surface area contributed by atoms with Gasteiger partial charge in [0.25, 0.3) is 0 Å². The zero-order valence-electron chi connectivity index (χ0n) is 5.87. The van der Waals surface area contributed by atoms with Gasteiger partial charge in [0, 0.05) is 7.05 Å². The van der Waals surface area contributed by atoms with E-state index in [1.54, 1.807) is 7.05 Å². The molecule has 0 aromatic carbocycles. The summed E-state index contributed by atoms with van der Waals surface area (Å²) in [6.07, 6.45) is 1.50. The van der Waals surface area contributed by atoms with E-state index in [0.29, 0.717) is 11.2 Å². The molecule has 0 aliphatic rings. The highest BCUT2D eigenvalue weighted by Gasteiger charge is 1.99. The lowest BCUT2D eigenvalue weighted by Crippen LogP contribution is -2.20. The molecule has 0 unspecified atom stereocenters. The molecule has 0 aliphatic carbocycles. The first-order valence-corrected chi connectivity index (χ1v) is 3.06. The monoisotopic (exact) mass is 150 g/mol. The van der Waals surface area contributed by atoms with Gasteiger partial charge in [-0.05, 0) is 0 Å². The van der Waals surface area contributed by atoms with E-state index in [1.807, 2.05) is 0 Å². The number of aryl methyl sites for hydroxylation is 1. The number of aromatic amines is 1. The second kappa shape index (κ2) is 1.88. The molecule has 2 N–H and O–H groups in total. The maximum absolute atomic E-state index is 7.49. The van der Waals surface area contributed by atoms with Gasteiger partial charge in [-0.25, -0.2) is 9.67 Å². The number of H-pyrrole nitrogens is 1. The molecular weight excluding hydrogens is 144 g/mol. The van der Waals surface area contributed by atoms with Crippen molar-refractivity contribution in [1.82, 2.24) is 25.0 Å². The topological polar surface area (TPSA) is 83.2 Å². The molecule has 0 fully saturated rings. The molecule has 0 saturated heterocycles. The predicted molar refractivity (Wildman–Crippen MR) is 36.5 cm³/mol. The average molecular weight is 150 g/mol. The summed E-state index contributed by atoms with van der Waals surface area (Å²) in [5.41, 5.74) is 1.38. The number of hydrogen-bond acceptors (Lipinski definition) is 4. The number of nitrogens with one attached hydrogen (secondary N) is 2. The van der Waals surface area contributed by atoms with E-state index in [1.165, 1.54) is 11.0 Å². The summed E-state index contributed by atoms with van der Waals surface area (Å²) in [6, 6.07) is 0. The molecule has 6 nitrogen and oxygen atoms in total. The highest BCUT2D eigenvalue weighted by molar-refractivity contribution is 5.66. The number of aromatic nitrogens is 5. The Morgan fingerprint density at radius 3 is 3.27 bits per heavy atom. The first-order valence-electron chi connectivity index (χ1n) is 3.06. The van der Waals surface area contributed by atoms with Gasteiger partial charge in [-0.1, -0.05) is 5.21 Å². The van der Waals surface area contributed by atoms with Crippen molar-refractivity contribution in [1.29, 1.82) is 5.41 Å². The van der Waals surface area contributed by atoms with E-state index in [-0.39, 0.29) is 5.49 Å². The minimum atomic E-state index is 0.285. The Hall–Kier alpha value is -1.72. The van der Waals surface area contributed by atoms with E-state index >= 15 is 0 Å². The molecule has 0 radical (unpaired) electrons. The van der Waals surface area contributed by atoms with Crippen molar-refractivity contribution >= 4 is 11.2 Å². The lowest BCUT2D eigenvalue weighted by molar-refractivity contribution is 0.635. The summed E-state index contributed by atoms with van der Waals surface area (Å²) in [6.45, 7) is 0. The van der Waals surface area contributed by atoms with Crippen molar-refractivity contribution in [2.24, 2.45) is 7.05 Å². The molecule has 2 aromatic heterocycles. The van der Waals surface area contributed by atoms with Crippen molar-refractivity contribution in [3.8, 4) is 0 Å². The number of hydrogen-bond donors (Lipinski definition) is 2. The van der Waals surface area contributed by atoms with Gasteiger partial charge in [-0.3, -0.25) is 5.41 Å². The van der Waals surface area contributed by atoms with Gasteiger partial charge in [0.15, 0.2) is 5.49 Å².